The fourth-order valence-corrected chi connectivity index (χ4v) is 5.67. The Morgan fingerprint density at radius 3 is 1.75 bits per heavy atom. The van der Waals surface area contributed by atoms with Gasteiger partial charge < -0.3 is 0 Å². The Morgan fingerprint density at radius 1 is 0.875 bits per heavy atom. The largest absolute Gasteiger partial charge is 0.0959 e. The molecule has 94 valence electrons. The fraction of sp³-hybridized carbons (Fsp3) is 0.733. The molecule has 1 heteroatoms. The number of rotatable bonds is 9. The molecule has 0 aliphatic heterocycles. The summed E-state index contributed by atoms with van der Waals surface area (Å²) in [6, 6.07) is 5.44. The van der Waals surface area contributed by atoms with Crippen LogP contribution in [-0.2, 0) is 0 Å². The van der Waals surface area contributed by atoms with Crippen LogP contribution < -0.4 is 0 Å². The lowest BCUT2D eigenvalue weighted by atomic mass is 10.1. The van der Waals surface area contributed by atoms with Gasteiger partial charge in [-0.05, 0) is 18.9 Å². The van der Waals surface area contributed by atoms with Crippen LogP contribution in [0, 0.1) is 0 Å². The first-order chi connectivity index (χ1) is 7.55. The van der Waals surface area contributed by atoms with Gasteiger partial charge in [-0.25, -0.2) is 0 Å². The van der Waals surface area contributed by atoms with Gasteiger partial charge in [0.15, 0.2) is 0 Å². The SMILES string of the molecule is C=C(CCCC)C(=C)C[Si](CC)(CC)CC. The summed E-state index contributed by atoms with van der Waals surface area (Å²) in [5, 5.41) is 0. The molecule has 0 aromatic heterocycles. The molecule has 0 bridgehead atoms. The van der Waals surface area contributed by atoms with Gasteiger partial charge in [0, 0.05) is 0 Å². The molecule has 0 fully saturated rings. The average molecular weight is 238 g/mol. The second-order valence-electron chi connectivity index (χ2n) is 5.05. The lowest BCUT2D eigenvalue weighted by Crippen LogP contribution is -2.31. The second kappa shape index (κ2) is 7.89. The Morgan fingerprint density at radius 2 is 1.38 bits per heavy atom. The molecule has 0 aliphatic carbocycles. The molecule has 0 heterocycles. The van der Waals surface area contributed by atoms with Gasteiger partial charge in [-0.15, -0.1) is 0 Å². The minimum Gasteiger partial charge on any atom is -0.0959 e. The van der Waals surface area contributed by atoms with Crippen molar-refractivity contribution < 1.29 is 0 Å². The lowest BCUT2D eigenvalue weighted by molar-refractivity contribution is 0.792. The molecule has 0 aliphatic rings. The van der Waals surface area contributed by atoms with Crippen LogP contribution in [-0.4, -0.2) is 8.07 Å². The van der Waals surface area contributed by atoms with Crippen LogP contribution in [0.25, 0.3) is 0 Å². The van der Waals surface area contributed by atoms with E-state index >= 15 is 0 Å². The lowest BCUT2D eigenvalue weighted by Gasteiger charge is -2.29. The van der Waals surface area contributed by atoms with Crippen LogP contribution in [0.5, 0.6) is 0 Å². The molecular weight excluding hydrogens is 208 g/mol. The predicted octanol–water partition coefficient (Wildman–Crippen LogP) is 5.80. The zero-order valence-electron chi connectivity index (χ0n) is 11.9. The van der Waals surface area contributed by atoms with Gasteiger partial charge in [0.05, 0.1) is 8.07 Å². The van der Waals surface area contributed by atoms with E-state index in [2.05, 4.69) is 40.9 Å². The molecule has 0 atom stereocenters. The van der Waals surface area contributed by atoms with E-state index in [4.69, 9.17) is 0 Å². The molecule has 0 aromatic carbocycles. The summed E-state index contributed by atoms with van der Waals surface area (Å²) in [6.07, 6.45) is 3.66. The summed E-state index contributed by atoms with van der Waals surface area (Å²) in [7, 11) is -1.04. The van der Waals surface area contributed by atoms with Gasteiger partial charge >= 0.3 is 0 Å². The fourth-order valence-electron chi connectivity index (χ4n) is 2.27. The van der Waals surface area contributed by atoms with Crippen LogP contribution in [0.2, 0.25) is 24.2 Å². The van der Waals surface area contributed by atoms with E-state index in [-0.39, 0.29) is 0 Å². The van der Waals surface area contributed by atoms with E-state index in [1.54, 1.807) is 0 Å². The summed E-state index contributed by atoms with van der Waals surface area (Å²) in [6.45, 7) is 17.8. The first-order valence-corrected chi connectivity index (χ1v) is 9.74. The molecule has 0 spiro atoms. The second-order valence-corrected chi connectivity index (χ2v) is 10.5. The van der Waals surface area contributed by atoms with Crippen molar-refractivity contribution in [1.82, 2.24) is 0 Å². The molecule has 0 nitrogen and oxygen atoms in total. The summed E-state index contributed by atoms with van der Waals surface area (Å²) in [4.78, 5) is 0. The molecule has 16 heavy (non-hydrogen) atoms. The van der Waals surface area contributed by atoms with Gasteiger partial charge in [-0.2, -0.15) is 0 Å². The molecular formula is C15H30Si. The highest BCUT2D eigenvalue weighted by molar-refractivity contribution is 6.80. The highest BCUT2D eigenvalue weighted by Gasteiger charge is 2.27. The molecule has 0 aromatic rings. The molecule has 0 amide bonds. The summed E-state index contributed by atoms with van der Waals surface area (Å²) in [5.74, 6) is 0. The van der Waals surface area contributed by atoms with Crippen molar-refractivity contribution in [1.29, 1.82) is 0 Å². The Kier molecular flexibility index (Phi) is 7.74. The van der Waals surface area contributed by atoms with Gasteiger partial charge in [0.2, 0.25) is 0 Å². The molecule has 0 N–H and O–H groups in total. The third kappa shape index (κ3) is 4.69. The first-order valence-electron chi connectivity index (χ1n) is 6.91. The van der Waals surface area contributed by atoms with Crippen molar-refractivity contribution in [3.05, 3.63) is 24.3 Å². The Labute approximate surface area is 104 Å². The first kappa shape index (κ1) is 15.7. The van der Waals surface area contributed by atoms with Crippen molar-refractivity contribution in [2.75, 3.05) is 0 Å². The van der Waals surface area contributed by atoms with E-state index in [0.29, 0.717) is 0 Å². The normalized spacial score (nSPS) is 11.5. The van der Waals surface area contributed by atoms with E-state index in [1.807, 2.05) is 0 Å². The average Bonchev–Trinajstić information content (AvgIpc) is 2.32. The van der Waals surface area contributed by atoms with E-state index in [1.165, 1.54) is 48.2 Å². The molecule has 0 saturated heterocycles. The minimum absolute atomic E-state index is 1.04. The monoisotopic (exact) mass is 238 g/mol. The van der Waals surface area contributed by atoms with Crippen molar-refractivity contribution in [2.24, 2.45) is 0 Å². The van der Waals surface area contributed by atoms with Crippen molar-refractivity contribution >= 4 is 8.07 Å². The Balaban J connectivity index is 4.34. The zero-order valence-corrected chi connectivity index (χ0v) is 12.9. The van der Waals surface area contributed by atoms with Crippen LogP contribution in [0.15, 0.2) is 24.3 Å². The Hall–Kier alpha value is -0.303. The molecule has 0 unspecified atom stereocenters. The van der Waals surface area contributed by atoms with E-state index in [0.717, 1.165) is 6.42 Å². The summed E-state index contributed by atoms with van der Waals surface area (Å²) >= 11 is 0. The maximum atomic E-state index is 4.27. The van der Waals surface area contributed by atoms with Gasteiger partial charge in [0.1, 0.15) is 0 Å². The van der Waals surface area contributed by atoms with Gasteiger partial charge in [-0.1, -0.05) is 76.6 Å². The third-order valence-electron chi connectivity index (χ3n) is 4.17. The quantitative estimate of drug-likeness (QED) is 0.352. The van der Waals surface area contributed by atoms with E-state index < -0.39 is 8.07 Å². The highest BCUT2D eigenvalue weighted by Crippen LogP contribution is 2.31. The molecule has 0 radical (unpaired) electrons. The number of allylic oxidation sites excluding steroid dienone is 2. The molecule has 0 saturated carbocycles. The number of unbranched alkanes of at least 4 members (excludes halogenated alkanes) is 1. The number of hydrogen-bond acceptors (Lipinski definition) is 0. The molecule has 0 rings (SSSR count). The van der Waals surface area contributed by atoms with Crippen LogP contribution in [0.1, 0.15) is 47.0 Å². The topological polar surface area (TPSA) is 0 Å². The highest BCUT2D eigenvalue weighted by atomic mass is 28.3. The van der Waals surface area contributed by atoms with Gasteiger partial charge in [0.25, 0.3) is 0 Å². The standard InChI is InChI=1S/C15H30Si/c1-7-11-12-14(5)15(6)13-16(8-2,9-3)10-4/h5-13H2,1-4H3. The zero-order chi connectivity index (χ0) is 12.6. The van der Waals surface area contributed by atoms with Crippen LogP contribution >= 0.6 is 0 Å². The van der Waals surface area contributed by atoms with E-state index in [9.17, 15) is 0 Å². The minimum atomic E-state index is -1.04. The van der Waals surface area contributed by atoms with Crippen molar-refractivity contribution in [3.8, 4) is 0 Å². The maximum Gasteiger partial charge on any atom is 0.0571 e. The summed E-state index contributed by atoms with van der Waals surface area (Å²) in [5.41, 5.74) is 2.67. The number of hydrogen-bond donors (Lipinski definition) is 0. The third-order valence-corrected chi connectivity index (χ3v) is 9.85. The smallest absolute Gasteiger partial charge is 0.0571 e. The van der Waals surface area contributed by atoms with Crippen molar-refractivity contribution in [3.63, 3.8) is 0 Å². The van der Waals surface area contributed by atoms with Crippen LogP contribution in [0.3, 0.4) is 0 Å². The predicted molar refractivity (Wildman–Crippen MR) is 79.8 cm³/mol. The van der Waals surface area contributed by atoms with Gasteiger partial charge in [-0.3, -0.25) is 0 Å². The summed E-state index contributed by atoms with van der Waals surface area (Å²) < 4.78 is 0. The Bertz CT molecular complexity index is 215. The maximum absolute atomic E-state index is 4.27. The van der Waals surface area contributed by atoms with Crippen molar-refractivity contribution in [2.45, 2.75) is 71.1 Å². The van der Waals surface area contributed by atoms with Crippen LogP contribution in [0.4, 0.5) is 0 Å².